The van der Waals surface area contributed by atoms with Crippen LogP contribution in [0.4, 0.5) is 15.3 Å². The van der Waals surface area contributed by atoms with Gasteiger partial charge in [0.1, 0.15) is 46.8 Å². The van der Waals surface area contributed by atoms with Gasteiger partial charge in [0.2, 0.25) is 0 Å². The molecular weight excluding hydrogens is 794 g/mol. The smallest absolute Gasteiger partial charge is 0.413 e. The standard InChI is InChI=1S/C44H63N3O14/c1-30(48)28-36(39(51)60-43(6,7)8)47(21-23-55-25-27-56-26-24-54-22-20-37(49)59-42(3,4)5)41(53)57-29-32-12-18-35(19-13-32)58-38(50)33-14-16-34(17-15-33)45-31(2)46-40(52)61-44(9,10)11/h12-19,36H,20-29H2,1-11H3,(H,45,46,52). The van der Waals surface area contributed by atoms with Crippen molar-refractivity contribution in [3.8, 4) is 5.75 Å². The highest BCUT2D eigenvalue weighted by Crippen LogP contribution is 2.20. The van der Waals surface area contributed by atoms with Crippen molar-refractivity contribution in [2.45, 2.75) is 118 Å². The largest absolute Gasteiger partial charge is 0.460 e. The van der Waals surface area contributed by atoms with E-state index in [2.05, 4.69) is 10.3 Å². The number of esters is 3. The summed E-state index contributed by atoms with van der Waals surface area (Å²) < 4.78 is 43.7. The highest BCUT2D eigenvalue weighted by molar-refractivity contribution is 5.95. The van der Waals surface area contributed by atoms with E-state index in [1.165, 1.54) is 31.2 Å². The van der Waals surface area contributed by atoms with E-state index in [1.807, 2.05) is 0 Å². The molecule has 0 aromatic heterocycles. The summed E-state index contributed by atoms with van der Waals surface area (Å²) in [5.74, 6) is -1.53. The summed E-state index contributed by atoms with van der Waals surface area (Å²) in [5.41, 5.74) is -0.803. The minimum absolute atomic E-state index is 0.0109. The number of benzene rings is 2. The molecule has 1 N–H and O–H groups in total. The Kier molecular flexibility index (Phi) is 21.0. The van der Waals surface area contributed by atoms with Gasteiger partial charge >= 0.3 is 30.1 Å². The number of hydrogen-bond acceptors (Lipinski definition) is 15. The lowest BCUT2D eigenvalue weighted by Crippen LogP contribution is -2.49. The molecule has 1 atom stereocenters. The third-order valence-electron chi connectivity index (χ3n) is 7.44. The molecule has 2 aromatic carbocycles. The molecule has 2 amide bonds. The van der Waals surface area contributed by atoms with E-state index in [-0.39, 0.29) is 88.7 Å². The predicted molar refractivity (Wildman–Crippen MR) is 225 cm³/mol. The predicted octanol–water partition coefficient (Wildman–Crippen LogP) is 6.89. The minimum atomic E-state index is -1.28. The molecule has 1 unspecified atom stereocenters. The number of rotatable bonds is 21. The number of nitrogens with one attached hydrogen (secondary N) is 1. The first-order chi connectivity index (χ1) is 28.4. The number of Topliss-reactive ketones (excluding diaryl/α,β-unsaturated/α-hetero) is 1. The Morgan fingerprint density at radius 2 is 1.21 bits per heavy atom. The van der Waals surface area contributed by atoms with Crippen LogP contribution in [0.15, 0.2) is 53.5 Å². The third kappa shape index (κ3) is 23.3. The number of nitrogens with zero attached hydrogens (tertiary/aromatic N) is 2. The number of ketones is 1. The van der Waals surface area contributed by atoms with Gasteiger partial charge in [-0.05, 0) is 118 Å². The number of alkyl carbamates (subject to hydrolysis) is 1. The maximum Gasteiger partial charge on any atom is 0.413 e. The number of amidine groups is 1. The normalized spacial score (nSPS) is 12.5. The molecule has 0 saturated heterocycles. The van der Waals surface area contributed by atoms with Gasteiger partial charge in [-0.25, -0.2) is 24.2 Å². The molecule has 0 radical (unpaired) electrons. The fraction of sp³-hybridized carbons (Fsp3) is 0.568. The van der Waals surface area contributed by atoms with E-state index < -0.39 is 47.0 Å². The Balaban J connectivity index is 1.95. The summed E-state index contributed by atoms with van der Waals surface area (Å²) in [6, 6.07) is 11.3. The first kappa shape index (κ1) is 51.8. The molecule has 0 aliphatic carbocycles. The van der Waals surface area contributed by atoms with Crippen LogP contribution in [0, 0.1) is 0 Å². The van der Waals surface area contributed by atoms with Crippen LogP contribution >= 0.6 is 0 Å². The first-order valence-electron chi connectivity index (χ1n) is 20.0. The Bertz CT molecular complexity index is 1770. The van der Waals surface area contributed by atoms with Crippen LogP contribution in [0.1, 0.15) is 105 Å². The number of carbonyl (C=O) groups excluding carboxylic acids is 6. The van der Waals surface area contributed by atoms with Gasteiger partial charge in [-0.2, -0.15) is 0 Å². The van der Waals surface area contributed by atoms with Crippen LogP contribution in [0.3, 0.4) is 0 Å². The Labute approximate surface area is 358 Å². The average Bonchev–Trinajstić information content (AvgIpc) is 3.12. The second kappa shape index (κ2) is 24.8. The Morgan fingerprint density at radius 1 is 0.672 bits per heavy atom. The highest BCUT2D eigenvalue weighted by atomic mass is 16.6. The van der Waals surface area contributed by atoms with E-state index in [0.29, 0.717) is 17.1 Å². The van der Waals surface area contributed by atoms with Gasteiger partial charge in [-0.15, -0.1) is 0 Å². The summed E-state index contributed by atoms with van der Waals surface area (Å²) in [7, 11) is 0. The highest BCUT2D eigenvalue weighted by Gasteiger charge is 2.35. The van der Waals surface area contributed by atoms with Crippen LogP contribution < -0.4 is 10.1 Å². The summed E-state index contributed by atoms with van der Waals surface area (Å²) in [4.78, 5) is 81.1. The maximum absolute atomic E-state index is 13.5. The summed E-state index contributed by atoms with van der Waals surface area (Å²) in [6.07, 6.45) is -1.68. The molecule has 17 heteroatoms. The second-order valence-corrected chi connectivity index (χ2v) is 16.8. The van der Waals surface area contributed by atoms with Gasteiger partial charge in [0, 0.05) is 13.0 Å². The van der Waals surface area contributed by atoms with Gasteiger partial charge < -0.3 is 37.9 Å². The lowest BCUT2D eigenvalue weighted by Gasteiger charge is -2.31. The summed E-state index contributed by atoms with van der Waals surface area (Å²) >= 11 is 0. The zero-order valence-electron chi connectivity index (χ0n) is 37.4. The van der Waals surface area contributed by atoms with Gasteiger partial charge in [-0.3, -0.25) is 19.8 Å². The molecule has 0 fully saturated rings. The molecule has 2 rings (SSSR count). The van der Waals surface area contributed by atoms with E-state index in [4.69, 9.17) is 37.9 Å². The molecule has 0 bridgehead atoms. The van der Waals surface area contributed by atoms with Gasteiger partial charge in [0.25, 0.3) is 0 Å². The number of carbonyl (C=O) groups is 6. The molecule has 338 valence electrons. The summed E-state index contributed by atoms with van der Waals surface area (Å²) in [6.45, 7) is 19.4. The van der Waals surface area contributed by atoms with E-state index in [9.17, 15) is 28.8 Å². The number of aliphatic imine (C=N–C) groups is 1. The van der Waals surface area contributed by atoms with Gasteiger partial charge in [0.05, 0.1) is 57.3 Å². The molecule has 0 aliphatic rings. The zero-order chi connectivity index (χ0) is 45.8. The zero-order valence-corrected chi connectivity index (χ0v) is 37.4. The SMILES string of the molecule is CC(=O)CC(C(=O)OC(C)(C)C)N(CCOCCOCCOCCC(=O)OC(C)(C)C)C(=O)OCc1ccc(OC(=O)c2ccc(N=C(C)NC(=O)OC(C)(C)C)cc2)cc1. The average molecular weight is 858 g/mol. The summed E-state index contributed by atoms with van der Waals surface area (Å²) in [5, 5.41) is 2.55. The molecular formula is C44H63N3O14. The Morgan fingerprint density at radius 3 is 1.75 bits per heavy atom. The number of hydrogen-bond donors (Lipinski definition) is 1. The van der Waals surface area contributed by atoms with Crippen molar-refractivity contribution in [2.24, 2.45) is 4.99 Å². The van der Waals surface area contributed by atoms with Crippen molar-refractivity contribution in [1.82, 2.24) is 10.2 Å². The van der Waals surface area contributed by atoms with E-state index >= 15 is 0 Å². The van der Waals surface area contributed by atoms with Gasteiger partial charge in [-0.1, -0.05) is 12.1 Å². The van der Waals surface area contributed by atoms with Crippen LogP contribution in [-0.2, 0) is 54.1 Å². The van der Waals surface area contributed by atoms with Crippen molar-refractivity contribution in [2.75, 3.05) is 46.2 Å². The van der Waals surface area contributed by atoms with Crippen molar-refractivity contribution in [3.05, 3.63) is 59.7 Å². The molecule has 0 spiro atoms. The molecule has 61 heavy (non-hydrogen) atoms. The monoisotopic (exact) mass is 857 g/mol. The first-order valence-corrected chi connectivity index (χ1v) is 20.0. The fourth-order valence-corrected chi connectivity index (χ4v) is 4.98. The van der Waals surface area contributed by atoms with Crippen LogP contribution in [0.2, 0.25) is 0 Å². The van der Waals surface area contributed by atoms with Gasteiger partial charge in [0.15, 0.2) is 0 Å². The second-order valence-electron chi connectivity index (χ2n) is 16.8. The Hall–Kier alpha value is -5.39. The van der Waals surface area contributed by atoms with Crippen molar-refractivity contribution in [3.63, 3.8) is 0 Å². The van der Waals surface area contributed by atoms with E-state index in [0.717, 1.165) is 4.90 Å². The van der Waals surface area contributed by atoms with Crippen molar-refractivity contribution >= 4 is 47.4 Å². The number of ether oxygens (including phenoxy) is 8. The maximum atomic E-state index is 13.5. The third-order valence-corrected chi connectivity index (χ3v) is 7.44. The quantitative estimate of drug-likeness (QED) is 0.0339. The van der Waals surface area contributed by atoms with E-state index in [1.54, 1.807) is 93.5 Å². The molecule has 0 heterocycles. The molecule has 17 nitrogen and oxygen atoms in total. The van der Waals surface area contributed by atoms with Crippen LogP contribution in [0.25, 0.3) is 0 Å². The minimum Gasteiger partial charge on any atom is -0.460 e. The van der Waals surface area contributed by atoms with Crippen molar-refractivity contribution < 1.29 is 66.7 Å². The topological polar surface area (TPSA) is 204 Å². The molecule has 0 saturated carbocycles. The van der Waals surface area contributed by atoms with Crippen LogP contribution in [-0.4, -0.2) is 116 Å². The lowest BCUT2D eigenvalue weighted by atomic mass is 10.1. The fourth-order valence-electron chi connectivity index (χ4n) is 4.98. The molecule has 2 aromatic rings. The van der Waals surface area contributed by atoms with Crippen LogP contribution in [0.5, 0.6) is 5.75 Å². The lowest BCUT2D eigenvalue weighted by molar-refractivity contribution is -0.162. The van der Waals surface area contributed by atoms with Crippen molar-refractivity contribution in [1.29, 1.82) is 0 Å². The molecule has 0 aliphatic heterocycles. The number of amides is 2.